The minimum atomic E-state index is -1.63. The van der Waals surface area contributed by atoms with Crippen LogP contribution in [0, 0.1) is 0 Å². The lowest BCUT2D eigenvalue weighted by atomic mass is 9.94. The van der Waals surface area contributed by atoms with Crippen molar-refractivity contribution < 1.29 is 24.5 Å². The van der Waals surface area contributed by atoms with Gasteiger partial charge in [-0.05, 0) is 30.0 Å². The van der Waals surface area contributed by atoms with Crippen molar-refractivity contribution >= 4 is 23.5 Å². The van der Waals surface area contributed by atoms with Crippen LogP contribution in [0.25, 0.3) is 0 Å². The second-order valence-electron chi connectivity index (χ2n) is 4.16. The molecule has 1 atom stereocenters. The van der Waals surface area contributed by atoms with E-state index in [1.54, 1.807) is 19.1 Å². The zero-order valence-corrected chi connectivity index (χ0v) is 11.9. The number of rotatable bonds is 7. The number of carboxylic acid groups (broad SMARTS) is 1. The fourth-order valence-electron chi connectivity index (χ4n) is 1.93. The molecular formula is C14H17ClO5. The van der Waals surface area contributed by atoms with E-state index in [0.717, 1.165) is 0 Å². The van der Waals surface area contributed by atoms with Crippen LogP contribution in [0.2, 0.25) is 0 Å². The van der Waals surface area contributed by atoms with Crippen LogP contribution >= 0.6 is 11.6 Å². The molecule has 0 amide bonds. The molecule has 0 fully saturated rings. The third-order valence-electron chi connectivity index (χ3n) is 2.87. The standard InChI is InChI=1S/C14H17ClO5/c1-2-20-12(16)7-6-10-9(8-15)4-3-5-11(10)13(17)14(18)19/h3-5,13,17H,2,6-8H2,1H3,(H,18,19). The van der Waals surface area contributed by atoms with Crippen LogP contribution in [0.4, 0.5) is 0 Å². The van der Waals surface area contributed by atoms with Crippen molar-refractivity contribution in [2.75, 3.05) is 6.61 Å². The monoisotopic (exact) mass is 300 g/mol. The Balaban J connectivity index is 3.01. The molecule has 0 spiro atoms. The van der Waals surface area contributed by atoms with Crippen LogP contribution in [0.15, 0.2) is 18.2 Å². The van der Waals surface area contributed by atoms with Crippen LogP contribution < -0.4 is 0 Å². The Bertz CT molecular complexity index is 486. The highest BCUT2D eigenvalue weighted by atomic mass is 35.5. The maximum atomic E-state index is 11.4. The second-order valence-corrected chi connectivity index (χ2v) is 4.43. The third-order valence-corrected chi connectivity index (χ3v) is 3.15. The average molecular weight is 301 g/mol. The molecule has 1 unspecified atom stereocenters. The van der Waals surface area contributed by atoms with Crippen LogP contribution in [0.1, 0.15) is 36.1 Å². The highest BCUT2D eigenvalue weighted by molar-refractivity contribution is 6.17. The Labute approximate surface area is 122 Å². The van der Waals surface area contributed by atoms with Crippen molar-refractivity contribution in [3.63, 3.8) is 0 Å². The van der Waals surface area contributed by atoms with Gasteiger partial charge < -0.3 is 14.9 Å². The molecular weight excluding hydrogens is 284 g/mol. The molecule has 20 heavy (non-hydrogen) atoms. The number of aliphatic hydroxyl groups is 1. The summed E-state index contributed by atoms with van der Waals surface area (Å²) in [4.78, 5) is 22.3. The van der Waals surface area contributed by atoms with Crippen LogP contribution in [0.3, 0.4) is 0 Å². The molecule has 6 heteroatoms. The van der Waals surface area contributed by atoms with Gasteiger partial charge in [0.2, 0.25) is 0 Å². The fourth-order valence-corrected chi connectivity index (χ4v) is 2.18. The summed E-state index contributed by atoms with van der Waals surface area (Å²) < 4.78 is 4.83. The molecule has 0 bridgehead atoms. The largest absolute Gasteiger partial charge is 0.479 e. The van der Waals surface area contributed by atoms with E-state index < -0.39 is 12.1 Å². The van der Waals surface area contributed by atoms with Crippen molar-refractivity contribution in [2.24, 2.45) is 0 Å². The maximum Gasteiger partial charge on any atom is 0.337 e. The number of hydrogen-bond donors (Lipinski definition) is 2. The van der Waals surface area contributed by atoms with Crippen molar-refractivity contribution in [3.05, 3.63) is 34.9 Å². The van der Waals surface area contributed by atoms with Gasteiger partial charge in [-0.3, -0.25) is 4.79 Å². The molecule has 0 saturated carbocycles. The first-order valence-electron chi connectivity index (χ1n) is 6.24. The van der Waals surface area contributed by atoms with Crippen molar-refractivity contribution in [2.45, 2.75) is 31.7 Å². The van der Waals surface area contributed by atoms with Crippen LogP contribution in [-0.2, 0) is 26.6 Å². The topological polar surface area (TPSA) is 83.8 Å². The molecule has 1 aromatic rings. The van der Waals surface area contributed by atoms with Crippen LogP contribution in [-0.4, -0.2) is 28.8 Å². The summed E-state index contributed by atoms with van der Waals surface area (Å²) in [5, 5.41) is 18.6. The minimum absolute atomic E-state index is 0.112. The molecule has 0 aliphatic heterocycles. The van der Waals surface area contributed by atoms with Gasteiger partial charge in [-0.1, -0.05) is 18.2 Å². The summed E-state index contributed by atoms with van der Waals surface area (Å²) in [5.74, 6) is -1.53. The molecule has 1 rings (SSSR count). The Morgan fingerprint density at radius 2 is 2.10 bits per heavy atom. The number of aliphatic carboxylic acids is 1. The summed E-state index contributed by atoms with van der Waals surface area (Å²) in [6, 6.07) is 4.90. The molecule has 0 radical (unpaired) electrons. The lowest BCUT2D eigenvalue weighted by Crippen LogP contribution is -2.15. The normalized spacial score (nSPS) is 11.9. The number of aliphatic hydroxyl groups excluding tert-OH is 1. The van der Waals surface area contributed by atoms with Gasteiger partial charge in [0, 0.05) is 12.3 Å². The average Bonchev–Trinajstić information content (AvgIpc) is 2.44. The van der Waals surface area contributed by atoms with Crippen molar-refractivity contribution in [3.8, 4) is 0 Å². The summed E-state index contributed by atoms with van der Waals surface area (Å²) in [5.41, 5.74) is 1.55. The Morgan fingerprint density at radius 1 is 1.40 bits per heavy atom. The molecule has 1 aromatic carbocycles. The summed E-state index contributed by atoms with van der Waals surface area (Å²) in [6.07, 6.45) is -1.24. The quantitative estimate of drug-likeness (QED) is 0.594. The number of carbonyl (C=O) groups excluding carboxylic acids is 1. The third kappa shape index (κ3) is 4.21. The number of carboxylic acids is 1. The number of hydrogen-bond acceptors (Lipinski definition) is 4. The zero-order valence-electron chi connectivity index (χ0n) is 11.1. The molecule has 0 aromatic heterocycles. The Kier molecular flexibility index (Phi) is 6.48. The van der Waals surface area contributed by atoms with E-state index in [1.165, 1.54) is 6.07 Å². The number of halogens is 1. The van der Waals surface area contributed by atoms with Gasteiger partial charge in [-0.25, -0.2) is 4.79 Å². The highest BCUT2D eigenvalue weighted by Crippen LogP contribution is 2.24. The molecule has 0 aliphatic carbocycles. The first-order valence-corrected chi connectivity index (χ1v) is 6.77. The number of ether oxygens (including phenoxy) is 1. The highest BCUT2D eigenvalue weighted by Gasteiger charge is 2.21. The lowest BCUT2D eigenvalue weighted by Gasteiger charge is -2.15. The summed E-state index contributed by atoms with van der Waals surface area (Å²) >= 11 is 5.82. The van der Waals surface area contributed by atoms with Gasteiger partial charge in [0.05, 0.1) is 6.61 Å². The first-order chi connectivity index (χ1) is 9.51. The van der Waals surface area contributed by atoms with Gasteiger partial charge in [0.1, 0.15) is 0 Å². The predicted octanol–water partition coefficient (Wildman–Crippen LogP) is 2.04. The summed E-state index contributed by atoms with van der Waals surface area (Å²) in [7, 11) is 0. The molecule has 110 valence electrons. The molecule has 0 saturated heterocycles. The number of carbonyl (C=O) groups is 2. The van der Waals surface area contributed by atoms with Crippen molar-refractivity contribution in [1.29, 1.82) is 0 Å². The Hall–Kier alpha value is -1.59. The number of alkyl halides is 1. The second kappa shape index (κ2) is 7.87. The summed E-state index contributed by atoms with van der Waals surface area (Å²) in [6.45, 7) is 2.00. The van der Waals surface area contributed by atoms with Crippen LogP contribution in [0.5, 0.6) is 0 Å². The van der Waals surface area contributed by atoms with E-state index in [0.29, 0.717) is 17.7 Å². The van der Waals surface area contributed by atoms with Crippen molar-refractivity contribution in [1.82, 2.24) is 0 Å². The van der Waals surface area contributed by atoms with Gasteiger partial charge in [0.25, 0.3) is 0 Å². The van der Waals surface area contributed by atoms with E-state index in [4.69, 9.17) is 21.4 Å². The van der Waals surface area contributed by atoms with E-state index in [2.05, 4.69) is 0 Å². The number of esters is 1. The van der Waals surface area contributed by atoms with Gasteiger partial charge in [0.15, 0.2) is 6.10 Å². The van der Waals surface area contributed by atoms with Gasteiger partial charge in [-0.15, -0.1) is 11.6 Å². The van der Waals surface area contributed by atoms with Gasteiger partial charge >= 0.3 is 11.9 Å². The Morgan fingerprint density at radius 3 is 2.65 bits per heavy atom. The van der Waals surface area contributed by atoms with E-state index in [1.807, 2.05) is 0 Å². The SMILES string of the molecule is CCOC(=O)CCc1c(CCl)cccc1C(O)C(=O)O. The van der Waals surface area contributed by atoms with Gasteiger partial charge in [-0.2, -0.15) is 0 Å². The minimum Gasteiger partial charge on any atom is -0.479 e. The number of benzene rings is 1. The molecule has 0 heterocycles. The van der Waals surface area contributed by atoms with E-state index >= 15 is 0 Å². The van der Waals surface area contributed by atoms with E-state index in [9.17, 15) is 14.7 Å². The maximum absolute atomic E-state index is 11.4. The zero-order chi connectivity index (χ0) is 15.1. The predicted molar refractivity (Wildman–Crippen MR) is 73.5 cm³/mol. The fraction of sp³-hybridized carbons (Fsp3) is 0.429. The molecule has 2 N–H and O–H groups in total. The van der Waals surface area contributed by atoms with E-state index in [-0.39, 0.29) is 30.3 Å². The first kappa shape index (κ1) is 16.5. The molecule has 5 nitrogen and oxygen atoms in total. The lowest BCUT2D eigenvalue weighted by molar-refractivity contribution is -0.147. The smallest absolute Gasteiger partial charge is 0.337 e. The molecule has 0 aliphatic rings.